The minimum atomic E-state index is -0.666. The highest BCUT2D eigenvalue weighted by atomic mass is 16.6. The molecule has 0 spiro atoms. The Kier molecular flexibility index (Phi) is 9.88. The van der Waals surface area contributed by atoms with E-state index in [2.05, 4.69) is 17.6 Å². The Bertz CT molecular complexity index is 364. The van der Waals surface area contributed by atoms with Crippen LogP contribution in [0.1, 0.15) is 67.2 Å². The summed E-state index contributed by atoms with van der Waals surface area (Å²) in [6.45, 7) is 11.2. The zero-order chi connectivity index (χ0) is 18.0. The van der Waals surface area contributed by atoms with Gasteiger partial charge in [-0.1, -0.05) is 33.6 Å². The van der Waals surface area contributed by atoms with Gasteiger partial charge in [-0.05, 0) is 39.5 Å². The van der Waals surface area contributed by atoms with Gasteiger partial charge in [0.2, 0.25) is 5.91 Å². The van der Waals surface area contributed by atoms with Gasteiger partial charge in [0.15, 0.2) is 0 Å². The van der Waals surface area contributed by atoms with Gasteiger partial charge in [0.25, 0.3) is 0 Å². The molecule has 23 heavy (non-hydrogen) atoms. The van der Waals surface area contributed by atoms with E-state index in [4.69, 9.17) is 4.74 Å². The van der Waals surface area contributed by atoms with Crippen molar-refractivity contribution in [2.75, 3.05) is 6.61 Å². The molecule has 0 fully saturated rings. The highest BCUT2D eigenvalue weighted by molar-refractivity contribution is 5.85. The number of ether oxygens (including phenoxy) is 1. The van der Waals surface area contributed by atoms with Crippen LogP contribution in [0.3, 0.4) is 0 Å². The number of rotatable bonds is 9. The van der Waals surface area contributed by atoms with Crippen molar-refractivity contribution in [1.82, 2.24) is 10.6 Å². The number of hydrogen-bond acceptors (Lipinski definition) is 4. The molecule has 0 rings (SSSR count). The van der Waals surface area contributed by atoms with Gasteiger partial charge in [0.1, 0.15) is 11.6 Å². The molecule has 0 saturated heterocycles. The Morgan fingerprint density at radius 1 is 1.17 bits per heavy atom. The second-order valence-electron chi connectivity index (χ2n) is 7.36. The molecule has 6 nitrogen and oxygen atoms in total. The van der Waals surface area contributed by atoms with Crippen molar-refractivity contribution in [2.24, 2.45) is 5.92 Å². The molecule has 136 valence electrons. The van der Waals surface area contributed by atoms with E-state index in [1.54, 1.807) is 20.8 Å². The molecule has 6 heteroatoms. The van der Waals surface area contributed by atoms with E-state index in [1.165, 1.54) is 0 Å². The van der Waals surface area contributed by atoms with Gasteiger partial charge in [-0.15, -0.1) is 0 Å². The molecule has 3 N–H and O–H groups in total. The summed E-state index contributed by atoms with van der Waals surface area (Å²) in [5.74, 6) is -0.0383. The summed E-state index contributed by atoms with van der Waals surface area (Å²) >= 11 is 0. The number of hydrogen-bond donors (Lipinski definition) is 3. The monoisotopic (exact) mass is 330 g/mol. The number of carbonyl (C=O) groups is 2. The quantitative estimate of drug-likeness (QED) is 0.606. The SMILES string of the molecule is CCCC[C@@H](CO)NC(=O)[C@H](CC(C)C)NC(=O)OC(C)(C)C. The van der Waals surface area contributed by atoms with E-state index in [9.17, 15) is 14.7 Å². The number of unbranched alkanes of at least 4 members (excludes halogenated alkanes) is 1. The normalized spacial score (nSPS) is 14.3. The average Bonchev–Trinajstić information content (AvgIpc) is 2.39. The summed E-state index contributed by atoms with van der Waals surface area (Å²) in [6.07, 6.45) is 2.56. The highest BCUT2D eigenvalue weighted by Gasteiger charge is 2.26. The Hall–Kier alpha value is -1.30. The molecule has 0 aromatic heterocycles. The lowest BCUT2D eigenvalue weighted by Crippen LogP contribution is -2.51. The van der Waals surface area contributed by atoms with E-state index < -0.39 is 17.7 Å². The van der Waals surface area contributed by atoms with Gasteiger partial charge in [0.05, 0.1) is 12.6 Å². The van der Waals surface area contributed by atoms with Crippen LogP contribution < -0.4 is 10.6 Å². The lowest BCUT2D eigenvalue weighted by molar-refractivity contribution is -0.124. The molecule has 0 unspecified atom stereocenters. The van der Waals surface area contributed by atoms with Crippen LogP contribution in [0, 0.1) is 5.92 Å². The first-order valence-corrected chi connectivity index (χ1v) is 8.49. The van der Waals surface area contributed by atoms with Crippen molar-refractivity contribution in [2.45, 2.75) is 84.9 Å². The largest absolute Gasteiger partial charge is 0.444 e. The highest BCUT2D eigenvalue weighted by Crippen LogP contribution is 2.10. The van der Waals surface area contributed by atoms with Crippen molar-refractivity contribution >= 4 is 12.0 Å². The van der Waals surface area contributed by atoms with Crippen molar-refractivity contribution < 1.29 is 19.4 Å². The molecule has 0 heterocycles. The molecule has 0 radical (unpaired) electrons. The van der Waals surface area contributed by atoms with Crippen molar-refractivity contribution in [3.63, 3.8) is 0 Å². The first-order valence-electron chi connectivity index (χ1n) is 8.49. The first-order chi connectivity index (χ1) is 10.6. The van der Waals surface area contributed by atoms with Crippen LogP contribution in [-0.2, 0) is 9.53 Å². The van der Waals surface area contributed by atoms with E-state index in [0.717, 1.165) is 19.3 Å². The molecule has 0 aliphatic heterocycles. The number of aliphatic hydroxyl groups excluding tert-OH is 1. The van der Waals surface area contributed by atoms with Crippen LogP contribution in [0.25, 0.3) is 0 Å². The van der Waals surface area contributed by atoms with E-state index in [1.807, 2.05) is 13.8 Å². The van der Waals surface area contributed by atoms with Gasteiger partial charge in [0, 0.05) is 0 Å². The van der Waals surface area contributed by atoms with E-state index in [-0.39, 0.29) is 24.5 Å². The Morgan fingerprint density at radius 2 is 1.78 bits per heavy atom. The average molecular weight is 330 g/mol. The summed E-state index contributed by atoms with van der Waals surface area (Å²) in [6, 6.07) is -0.946. The molecular weight excluding hydrogens is 296 g/mol. The fourth-order valence-corrected chi connectivity index (χ4v) is 2.11. The molecule has 0 saturated carbocycles. The molecule has 0 aromatic rings. The topological polar surface area (TPSA) is 87.7 Å². The maximum Gasteiger partial charge on any atom is 0.408 e. The van der Waals surface area contributed by atoms with Crippen molar-refractivity contribution in [3.05, 3.63) is 0 Å². The van der Waals surface area contributed by atoms with Gasteiger partial charge in [-0.25, -0.2) is 4.79 Å². The van der Waals surface area contributed by atoms with Crippen LogP contribution in [0.4, 0.5) is 4.79 Å². The number of alkyl carbamates (subject to hydrolysis) is 1. The summed E-state index contributed by atoms with van der Waals surface area (Å²) in [7, 11) is 0. The van der Waals surface area contributed by atoms with E-state index >= 15 is 0 Å². The van der Waals surface area contributed by atoms with Crippen LogP contribution in [0.2, 0.25) is 0 Å². The standard InChI is InChI=1S/C17H34N2O4/c1-7-8-9-13(11-20)18-15(21)14(10-12(2)3)19-16(22)23-17(4,5)6/h12-14,20H,7-11H2,1-6H3,(H,18,21)(H,19,22)/t13-,14-/m0/s1. The number of aliphatic hydroxyl groups is 1. The van der Waals surface area contributed by atoms with Crippen LogP contribution >= 0.6 is 0 Å². The summed E-state index contributed by atoms with van der Waals surface area (Å²) in [5.41, 5.74) is -0.613. The molecule has 2 amide bonds. The van der Waals surface area contributed by atoms with Crippen LogP contribution in [0.5, 0.6) is 0 Å². The van der Waals surface area contributed by atoms with Gasteiger partial charge in [-0.3, -0.25) is 4.79 Å². The first kappa shape index (κ1) is 21.7. The number of amides is 2. The zero-order valence-electron chi connectivity index (χ0n) is 15.4. The third-order valence-electron chi connectivity index (χ3n) is 3.19. The maximum absolute atomic E-state index is 12.4. The van der Waals surface area contributed by atoms with E-state index in [0.29, 0.717) is 6.42 Å². The Labute approximate surface area is 140 Å². The molecule has 0 aliphatic rings. The minimum Gasteiger partial charge on any atom is -0.444 e. The molecule has 0 bridgehead atoms. The van der Waals surface area contributed by atoms with Crippen molar-refractivity contribution in [1.29, 1.82) is 0 Å². The molecule has 0 aromatic carbocycles. The molecular formula is C17H34N2O4. The fraction of sp³-hybridized carbons (Fsp3) is 0.882. The smallest absolute Gasteiger partial charge is 0.408 e. The zero-order valence-corrected chi connectivity index (χ0v) is 15.4. The van der Waals surface area contributed by atoms with Gasteiger partial charge in [-0.2, -0.15) is 0 Å². The third-order valence-corrected chi connectivity index (χ3v) is 3.19. The predicted octanol–water partition coefficient (Wildman–Crippen LogP) is 2.59. The summed E-state index contributed by atoms with van der Waals surface area (Å²) in [5, 5.41) is 14.8. The Balaban J connectivity index is 4.74. The Morgan fingerprint density at radius 3 is 2.22 bits per heavy atom. The summed E-state index contributed by atoms with van der Waals surface area (Å²) < 4.78 is 5.22. The van der Waals surface area contributed by atoms with Crippen LogP contribution in [-0.4, -0.2) is 41.4 Å². The minimum absolute atomic E-state index is 0.105. The predicted molar refractivity (Wildman–Crippen MR) is 91.2 cm³/mol. The van der Waals surface area contributed by atoms with Gasteiger partial charge >= 0.3 is 6.09 Å². The van der Waals surface area contributed by atoms with Gasteiger partial charge < -0.3 is 20.5 Å². The second-order valence-corrected chi connectivity index (χ2v) is 7.36. The third kappa shape index (κ3) is 11.0. The second kappa shape index (κ2) is 10.5. The van der Waals surface area contributed by atoms with Crippen molar-refractivity contribution in [3.8, 4) is 0 Å². The van der Waals surface area contributed by atoms with Crippen LogP contribution in [0.15, 0.2) is 0 Å². The number of carbonyl (C=O) groups excluding carboxylic acids is 2. The molecule has 2 atom stereocenters. The lowest BCUT2D eigenvalue weighted by Gasteiger charge is -2.25. The fourth-order valence-electron chi connectivity index (χ4n) is 2.11. The molecule has 0 aliphatic carbocycles. The summed E-state index contributed by atoms with van der Waals surface area (Å²) in [4.78, 5) is 24.3. The maximum atomic E-state index is 12.4. The lowest BCUT2D eigenvalue weighted by atomic mass is 10.0. The number of nitrogens with one attached hydrogen (secondary N) is 2.